The third-order valence-corrected chi connectivity index (χ3v) is 2.71. The van der Waals surface area contributed by atoms with Gasteiger partial charge in [-0.25, -0.2) is 0 Å². The van der Waals surface area contributed by atoms with Crippen LogP contribution in [-0.2, 0) is 9.59 Å². The molecule has 0 aromatic rings. The van der Waals surface area contributed by atoms with Gasteiger partial charge in [0.15, 0.2) is 0 Å². The Morgan fingerprint density at radius 3 is 2.59 bits per heavy atom. The van der Waals surface area contributed by atoms with Crippen molar-refractivity contribution >= 4 is 11.9 Å². The van der Waals surface area contributed by atoms with E-state index >= 15 is 0 Å². The van der Waals surface area contributed by atoms with Gasteiger partial charge in [0.1, 0.15) is 0 Å². The number of nitrogens with one attached hydrogen (secondary N) is 1. The predicted molar refractivity (Wildman–Crippen MR) is 66.3 cm³/mol. The molecule has 2 N–H and O–H groups in total. The minimum absolute atomic E-state index is 0.0314. The van der Waals surface area contributed by atoms with Gasteiger partial charge in [0.05, 0.1) is 0 Å². The summed E-state index contributed by atoms with van der Waals surface area (Å²) >= 11 is 0. The monoisotopic (exact) mass is 239 g/mol. The van der Waals surface area contributed by atoms with E-state index in [0.29, 0.717) is 31.7 Å². The molecule has 0 aliphatic heterocycles. The van der Waals surface area contributed by atoms with Crippen molar-refractivity contribution in [2.75, 3.05) is 6.54 Å². The number of hydrogen-bond donors (Lipinski definition) is 2. The lowest BCUT2D eigenvalue weighted by Gasteiger charge is -2.13. The van der Waals surface area contributed by atoms with Crippen LogP contribution in [0, 0.1) is 18.3 Å². The molecule has 0 spiro atoms. The summed E-state index contributed by atoms with van der Waals surface area (Å²) in [7, 11) is 0. The fraction of sp³-hybridized carbons (Fsp3) is 0.692. The lowest BCUT2D eigenvalue weighted by atomic mass is 9.96. The molecular weight excluding hydrogens is 218 g/mol. The van der Waals surface area contributed by atoms with Gasteiger partial charge in [-0.1, -0.05) is 13.3 Å². The van der Waals surface area contributed by atoms with Gasteiger partial charge in [-0.15, -0.1) is 12.3 Å². The summed E-state index contributed by atoms with van der Waals surface area (Å²) in [5.41, 5.74) is 0. The van der Waals surface area contributed by atoms with Gasteiger partial charge in [0.25, 0.3) is 0 Å². The van der Waals surface area contributed by atoms with E-state index < -0.39 is 5.97 Å². The number of hydrogen-bond acceptors (Lipinski definition) is 2. The number of amides is 1. The van der Waals surface area contributed by atoms with Crippen LogP contribution in [0.5, 0.6) is 0 Å². The smallest absolute Gasteiger partial charge is 0.303 e. The van der Waals surface area contributed by atoms with Gasteiger partial charge in [-0.05, 0) is 18.8 Å². The van der Waals surface area contributed by atoms with Gasteiger partial charge in [-0.2, -0.15) is 0 Å². The lowest BCUT2D eigenvalue weighted by molar-refractivity contribution is -0.137. The van der Waals surface area contributed by atoms with Gasteiger partial charge in [0.2, 0.25) is 5.91 Å². The summed E-state index contributed by atoms with van der Waals surface area (Å²) in [6.07, 6.45) is 8.52. The maximum atomic E-state index is 11.2. The number of carboxylic acid groups (broad SMARTS) is 1. The Kier molecular flexibility index (Phi) is 8.85. The van der Waals surface area contributed by atoms with Crippen LogP contribution in [0.3, 0.4) is 0 Å². The highest BCUT2D eigenvalue weighted by atomic mass is 16.4. The fourth-order valence-corrected chi connectivity index (χ4v) is 1.57. The minimum Gasteiger partial charge on any atom is -0.481 e. The Morgan fingerprint density at radius 1 is 1.35 bits per heavy atom. The van der Waals surface area contributed by atoms with Crippen LogP contribution in [0.4, 0.5) is 0 Å². The molecule has 4 nitrogen and oxygen atoms in total. The number of carbonyl (C=O) groups excluding carboxylic acids is 1. The molecule has 0 aliphatic carbocycles. The predicted octanol–water partition coefficient (Wildman–Crippen LogP) is 1.80. The van der Waals surface area contributed by atoms with Crippen molar-refractivity contribution in [3.63, 3.8) is 0 Å². The maximum Gasteiger partial charge on any atom is 0.303 e. The molecule has 1 amide bonds. The Balaban J connectivity index is 3.65. The second-order valence-electron chi connectivity index (χ2n) is 4.05. The summed E-state index contributed by atoms with van der Waals surface area (Å²) in [6.45, 7) is 2.63. The van der Waals surface area contributed by atoms with Gasteiger partial charge in [-0.3, -0.25) is 9.59 Å². The van der Waals surface area contributed by atoms with E-state index in [-0.39, 0.29) is 12.3 Å². The number of rotatable bonds is 9. The summed E-state index contributed by atoms with van der Waals surface area (Å²) in [5.74, 6) is 1.98. The molecule has 0 aliphatic rings. The van der Waals surface area contributed by atoms with Crippen LogP contribution in [0.25, 0.3) is 0 Å². The second kappa shape index (κ2) is 9.71. The lowest BCUT2D eigenvalue weighted by Crippen LogP contribution is -2.25. The first-order chi connectivity index (χ1) is 8.10. The van der Waals surface area contributed by atoms with Gasteiger partial charge >= 0.3 is 5.97 Å². The van der Waals surface area contributed by atoms with Crippen molar-refractivity contribution in [1.29, 1.82) is 0 Å². The molecule has 0 saturated carbocycles. The van der Waals surface area contributed by atoms with Crippen molar-refractivity contribution in [2.45, 2.75) is 45.4 Å². The molecule has 0 fully saturated rings. The number of carbonyl (C=O) groups is 2. The van der Waals surface area contributed by atoms with Crippen molar-refractivity contribution in [3.05, 3.63) is 0 Å². The Bertz CT molecular complexity index is 281. The first-order valence-corrected chi connectivity index (χ1v) is 6.02. The first-order valence-electron chi connectivity index (χ1n) is 6.02. The molecule has 17 heavy (non-hydrogen) atoms. The van der Waals surface area contributed by atoms with Crippen molar-refractivity contribution in [1.82, 2.24) is 5.32 Å². The molecule has 0 heterocycles. The van der Waals surface area contributed by atoms with Gasteiger partial charge < -0.3 is 10.4 Å². The topological polar surface area (TPSA) is 66.4 Å². The maximum absolute atomic E-state index is 11.2. The molecule has 1 unspecified atom stereocenters. The average Bonchev–Trinajstić information content (AvgIpc) is 2.30. The van der Waals surface area contributed by atoms with E-state index in [9.17, 15) is 9.59 Å². The molecule has 0 rings (SSSR count). The van der Waals surface area contributed by atoms with Crippen LogP contribution in [0.1, 0.15) is 45.4 Å². The van der Waals surface area contributed by atoms with E-state index in [4.69, 9.17) is 11.5 Å². The molecule has 0 aromatic carbocycles. The number of aliphatic carboxylic acids is 1. The van der Waals surface area contributed by atoms with Gasteiger partial charge in [0, 0.05) is 25.8 Å². The van der Waals surface area contributed by atoms with Crippen molar-refractivity contribution < 1.29 is 14.7 Å². The van der Waals surface area contributed by atoms with Crippen LogP contribution in [-0.4, -0.2) is 23.5 Å². The highest BCUT2D eigenvalue weighted by Crippen LogP contribution is 2.14. The third-order valence-electron chi connectivity index (χ3n) is 2.71. The average molecular weight is 239 g/mol. The zero-order valence-corrected chi connectivity index (χ0v) is 10.4. The quantitative estimate of drug-likeness (QED) is 0.603. The standard InChI is InChI=1S/C13H21NO3/c1-3-5-6-12(15)14-10-9-11(4-2)7-8-13(16)17/h1,11H,4-10H2,2H3,(H,14,15)(H,16,17). The molecule has 96 valence electrons. The summed E-state index contributed by atoms with van der Waals surface area (Å²) in [6, 6.07) is 0. The first kappa shape index (κ1) is 15.5. The summed E-state index contributed by atoms with van der Waals surface area (Å²) in [5, 5.41) is 11.4. The second-order valence-corrected chi connectivity index (χ2v) is 4.05. The molecule has 0 saturated heterocycles. The number of terminal acetylenes is 1. The molecule has 0 radical (unpaired) electrons. The van der Waals surface area contributed by atoms with E-state index in [1.807, 2.05) is 6.92 Å². The fourth-order valence-electron chi connectivity index (χ4n) is 1.57. The molecule has 4 heteroatoms. The van der Waals surface area contributed by atoms with Crippen LogP contribution in [0.15, 0.2) is 0 Å². The van der Waals surface area contributed by atoms with Crippen LogP contribution >= 0.6 is 0 Å². The molecule has 1 atom stereocenters. The molecule has 0 bridgehead atoms. The highest BCUT2D eigenvalue weighted by Gasteiger charge is 2.09. The van der Waals surface area contributed by atoms with E-state index in [2.05, 4.69) is 11.2 Å². The van der Waals surface area contributed by atoms with E-state index in [1.54, 1.807) is 0 Å². The Morgan fingerprint density at radius 2 is 2.06 bits per heavy atom. The SMILES string of the molecule is C#CCCC(=O)NCCC(CC)CCC(=O)O. The largest absolute Gasteiger partial charge is 0.481 e. The molecule has 0 aromatic heterocycles. The van der Waals surface area contributed by atoms with E-state index in [1.165, 1.54) is 0 Å². The van der Waals surface area contributed by atoms with Crippen LogP contribution in [0.2, 0.25) is 0 Å². The molecular formula is C13H21NO3. The van der Waals surface area contributed by atoms with E-state index in [0.717, 1.165) is 12.8 Å². The summed E-state index contributed by atoms with van der Waals surface area (Å²) in [4.78, 5) is 21.7. The van der Waals surface area contributed by atoms with Crippen molar-refractivity contribution in [2.24, 2.45) is 5.92 Å². The normalized spacial score (nSPS) is 11.5. The zero-order valence-electron chi connectivity index (χ0n) is 10.4. The minimum atomic E-state index is -0.762. The highest BCUT2D eigenvalue weighted by molar-refractivity contribution is 5.76. The number of carboxylic acids is 1. The van der Waals surface area contributed by atoms with Crippen molar-refractivity contribution in [3.8, 4) is 12.3 Å². The third kappa shape index (κ3) is 9.43. The zero-order chi connectivity index (χ0) is 13.1. The Labute approximate surface area is 103 Å². The van der Waals surface area contributed by atoms with Crippen LogP contribution < -0.4 is 5.32 Å². The Hall–Kier alpha value is -1.50. The summed E-state index contributed by atoms with van der Waals surface area (Å²) < 4.78 is 0.